The van der Waals surface area contributed by atoms with Crippen LogP contribution in [0.3, 0.4) is 0 Å². The van der Waals surface area contributed by atoms with E-state index < -0.39 is 0 Å². The summed E-state index contributed by atoms with van der Waals surface area (Å²) >= 11 is 0. The molecule has 3 heterocycles. The number of methoxy groups -OCH3 is 1. The third-order valence-electron chi connectivity index (χ3n) is 4.89. The van der Waals surface area contributed by atoms with Gasteiger partial charge in [0.1, 0.15) is 0 Å². The molecule has 0 bridgehead atoms. The first kappa shape index (κ1) is 18.5. The number of rotatable bonds is 7. The van der Waals surface area contributed by atoms with Gasteiger partial charge in [-0.15, -0.1) is 0 Å². The minimum atomic E-state index is -0.116. The van der Waals surface area contributed by atoms with Crippen LogP contribution in [0.15, 0.2) is 24.7 Å². The normalized spacial score (nSPS) is 17.6. The smallest absolute Gasteiger partial charge is 0.272 e. The molecule has 1 fully saturated rings. The number of amides is 1. The average Bonchev–Trinajstić information content (AvgIpc) is 3.23. The van der Waals surface area contributed by atoms with E-state index in [1.54, 1.807) is 18.0 Å². The zero-order valence-corrected chi connectivity index (χ0v) is 15.7. The van der Waals surface area contributed by atoms with Gasteiger partial charge in [-0.3, -0.25) is 19.4 Å². The number of likely N-dealkylation sites (tertiary alicyclic amines) is 1. The van der Waals surface area contributed by atoms with Crippen molar-refractivity contribution in [3.05, 3.63) is 47.0 Å². The van der Waals surface area contributed by atoms with Gasteiger partial charge in [0.25, 0.3) is 5.91 Å². The highest BCUT2D eigenvalue weighted by Crippen LogP contribution is 2.17. The first-order valence-corrected chi connectivity index (χ1v) is 9.02. The lowest BCUT2D eigenvalue weighted by Gasteiger charge is -2.15. The minimum Gasteiger partial charge on any atom is -0.380 e. The molecule has 0 aliphatic carbocycles. The summed E-state index contributed by atoms with van der Waals surface area (Å²) in [5, 5.41) is 7.37. The number of nitrogens with one attached hydrogen (secondary N) is 1. The number of hydrogen-bond acceptors (Lipinski definition) is 5. The van der Waals surface area contributed by atoms with Crippen molar-refractivity contribution in [1.29, 1.82) is 0 Å². The van der Waals surface area contributed by atoms with E-state index >= 15 is 0 Å². The number of ether oxygens (including phenoxy) is 1. The van der Waals surface area contributed by atoms with E-state index in [0.29, 0.717) is 12.2 Å². The molecule has 2 aromatic heterocycles. The Kier molecular flexibility index (Phi) is 6.00. The number of hydrogen-bond donors (Lipinski definition) is 1. The fraction of sp³-hybridized carbons (Fsp3) is 0.526. The van der Waals surface area contributed by atoms with Crippen molar-refractivity contribution in [3.63, 3.8) is 0 Å². The minimum absolute atomic E-state index is 0.116. The molecule has 26 heavy (non-hydrogen) atoms. The maximum Gasteiger partial charge on any atom is 0.272 e. The summed E-state index contributed by atoms with van der Waals surface area (Å²) in [5.41, 5.74) is 3.81. The molecule has 0 spiro atoms. The van der Waals surface area contributed by atoms with Crippen LogP contribution in [-0.2, 0) is 24.8 Å². The van der Waals surface area contributed by atoms with Crippen molar-refractivity contribution >= 4 is 5.91 Å². The second kappa shape index (κ2) is 8.42. The molecule has 1 amide bonds. The van der Waals surface area contributed by atoms with Crippen molar-refractivity contribution in [2.75, 3.05) is 26.7 Å². The lowest BCUT2D eigenvalue weighted by atomic mass is 10.1. The second-order valence-corrected chi connectivity index (χ2v) is 6.87. The molecule has 1 saturated heterocycles. The quantitative estimate of drug-likeness (QED) is 0.809. The number of aromatic nitrogens is 3. The summed E-state index contributed by atoms with van der Waals surface area (Å²) in [5.74, 6) is -0.116. The molecule has 1 aliphatic rings. The highest BCUT2D eigenvalue weighted by molar-refractivity contribution is 5.93. The van der Waals surface area contributed by atoms with Crippen molar-refractivity contribution in [2.45, 2.75) is 32.4 Å². The summed E-state index contributed by atoms with van der Waals surface area (Å²) < 4.78 is 7.13. The maximum atomic E-state index is 12.6. The maximum absolute atomic E-state index is 12.6. The van der Waals surface area contributed by atoms with Gasteiger partial charge < -0.3 is 10.1 Å². The Hall–Kier alpha value is -2.25. The Morgan fingerprint density at radius 2 is 2.27 bits per heavy atom. The highest BCUT2D eigenvalue weighted by Gasteiger charge is 2.24. The molecule has 7 heteroatoms. The molecule has 1 N–H and O–H groups in total. The van der Waals surface area contributed by atoms with Crippen LogP contribution >= 0.6 is 0 Å². The van der Waals surface area contributed by atoms with Crippen LogP contribution < -0.4 is 5.32 Å². The monoisotopic (exact) mass is 357 g/mol. The molecule has 140 valence electrons. The number of carbonyl (C=O) groups excluding carboxylic acids is 1. The van der Waals surface area contributed by atoms with Crippen LogP contribution in [-0.4, -0.2) is 58.4 Å². The molecule has 7 nitrogen and oxygen atoms in total. The number of aryl methyl sites for hydroxylation is 2. The van der Waals surface area contributed by atoms with E-state index in [4.69, 9.17) is 4.74 Å². The predicted octanol–water partition coefficient (Wildman–Crippen LogP) is 1.32. The Labute approximate surface area is 154 Å². The van der Waals surface area contributed by atoms with Crippen LogP contribution in [0.25, 0.3) is 0 Å². The summed E-state index contributed by atoms with van der Waals surface area (Å²) in [6.07, 6.45) is 7.66. The topological polar surface area (TPSA) is 72.3 Å². The van der Waals surface area contributed by atoms with Crippen LogP contribution in [0.5, 0.6) is 0 Å². The van der Waals surface area contributed by atoms with Gasteiger partial charge in [0, 0.05) is 64.5 Å². The Morgan fingerprint density at radius 1 is 1.42 bits per heavy atom. The summed E-state index contributed by atoms with van der Waals surface area (Å²) in [4.78, 5) is 19.0. The molecular formula is C19H27N5O2. The molecule has 1 atom stereocenters. The van der Waals surface area contributed by atoms with Gasteiger partial charge in [-0.1, -0.05) is 0 Å². The summed E-state index contributed by atoms with van der Waals surface area (Å²) in [6, 6.07) is 1.99. The summed E-state index contributed by atoms with van der Waals surface area (Å²) in [6.45, 7) is 5.21. The van der Waals surface area contributed by atoms with Crippen LogP contribution in [0.4, 0.5) is 0 Å². The SMILES string of the molecule is COC1CCN(Cc2cn(C)nc2C(=O)NCCc2ccncc2C)C1. The molecule has 0 aromatic carbocycles. The number of pyridine rings is 1. The van der Waals surface area contributed by atoms with Crippen LogP contribution in [0.2, 0.25) is 0 Å². The van der Waals surface area contributed by atoms with Crippen molar-refractivity contribution in [2.24, 2.45) is 7.05 Å². The Bertz CT molecular complexity index is 758. The number of carbonyl (C=O) groups is 1. The zero-order chi connectivity index (χ0) is 18.5. The molecule has 0 radical (unpaired) electrons. The fourth-order valence-corrected chi connectivity index (χ4v) is 3.40. The van der Waals surface area contributed by atoms with Gasteiger partial charge in [-0.25, -0.2) is 0 Å². The largest absolute Gasteiger partial charge is 0.380 e. The first-order chi connectivity index (χ1) is 12.6. The predicted molar refractivity (Wildman–Crippen MR) is 98.9 cm³/mol. The molecule has 0 saturated carbocycles. The van der Waals surface area contributed by atoms with Crippen molar-refractivity contribution in [1.82, 2.24) is 25.0 Å². The lowest BCUT2D eigenvalue weighted by molar-refractivity contribution is 0.0945. The fourth-order valence-electron chi connectivity index (χ4n) is 3.40. The molecular weight excluding hydrogens is 330 g/mol. The molecule has 3 rings (SSSR count). The van der Waals surface area contributed by atoms with Gasteiger partial charge in [0.05, 0.1) is 6.10 Å². The third kappa shape index (κ3) is 4.47. The average molecular weight is 357 g/mol. The van der Waals surface area contributed by atoms with Gasteiger partial charge >= 0.3 is 0 Å². The number of nitrogens with zero attached hydrogens (tertiary/aromatic N) is 4. The Morgan fingerprint density at radius 3 is 3.00 bits per heavy atom. The van der Waals surface area contributed by atoms with Crippen molar-refractivity contribution in [3.8, 4) is 0 Å². The molecule has 2 aromatic rings. The second-order valence-electron chi connectivity index (χ2n) is 6.87. The van der Waals surface area contributed by atoms with Crippen LogP contribution in [0.1, 0.15) is 33.6 Å². The van der Waals surface area contributed by atoms with Gasteiger partial charge in [-0.2, -0.15) is 5.10 Å². The molecule has 1 unspecified atom stereocenters. The van der Waals surface area contributed by atoms with Gasteiger partial charge in [0.15, 0.2) is 5.69 Å². The van der Waals surface area contributed by atoms with E-state index in [-0.39, 0.29) is 12.0 Å². The third-order valence-corrected chi connectivity index (χ3v) is 4.89. The van der Waals surface area contributed by atoms with E-state index in [1.807, 2.05) is 32.4 Å². The zero-order valence-electron chi connectivity index (χ0n) is 15.7. The van der Waals surface area contributed by atoms with Crippen LogP contribution in [0, 0.1) is 6.92 Å². The Balaban J connectivity index is 1.58. The van der Waals surface area contributed by atoms with E-state index in [0.717, 1.165) is 43.6 Å². The summed E-state index contributed by atoms with van der Waals surface area (Å²) in [7, 11) is 3.60. The van der Waals surface area contributed by atoms with Gasteiger partial charge in [-0.05, 0) is 37.0 Å². The van der Waals surface area contributed by atoms with Gasteiger partial charge in [0.2, 0.25) is 0 Å². The van der Waals surface area contributed by atoms with E-state index in [2.05, 4.69) is 20.3 Å². The highest BCUT2D eigenvalue weighted by atomic mass is 16.5. The molecule has 1 aliphatic heterocycles. The van der Waals surface area contributed by atoms with E-state index in [9.17, 15) is 4.79 Å². The van der Waals surface area contributed by atoms with Crippen molar-refractivity contribution < 1.29 is 9.53 Å². The first-order valence-electron chi connectivity index (χ1n) is 9.02. The van der Waals surface area contributed by atoms with E-state index in [1.165, 1.54) is 5.56 Å². The standard InChI is InChI=1S/C19H27N5O2/c1-14-10-20-7-4-15(14)5-8-21-19(25)18-16(11-23(2)22-18)12-24-9-6-17(13-24)26-3/h4,7,10-11,17H,5-6,8-9,12-13H2,1-3H3,(H,21,25). The lowest BCUT2D eigenvalue weighted by Crippen LogP contribution is -2.29.